The Balaban J connectivity index is 1.68. The predicted molar refractivity (Wildman–Crippen MR) is 67.7 cm³/mol. The molecule has 1 amide bonds. The zero-order valence-electron chi connectivity index (χ0n) is 10.5. The first-order valence-corrected chi connectivity index (χ1v) is 6.72. The number of carbonyl (C=O) groups is 1. The summed E-state index contributed by atoms with van der Waals surface area (Å²) in [5, 5.41) is 3.04. The molecular weight excluding hydrogens is 216 g/mol. The summed E-state index contributed by atoms with van der Waals surface area (Å²) in [4.78, 5) is 16.3. The number of amides is 1. The molecule has 5 nitrogen and oxygen atoms in total. The molecule has 3 N–H and O–H groups in total. The van der Waals surface area contributed by atoms with Crippen LogP contribution in [0.4, 0.5) is 0 Å². The predicted octanol–water partition coefficient (Wildman–Crippen LogP) is -0.769. The van der Waals surface area contributed by atoms with Crippen LogP contribution < -0.4 is 11.1 Å². The Labute approximate surface area is 103 Å². The highest BCUT2D eigenvalue weighted by Gasteiger charge is 2.24. The van der Waals surface area contributed by atoms with Crippen molar-refractivity contribution in [2.24, 2.45) is 5.73 Å². The number of hydrogen-bond donors (Lipinski definition) is 2. The second kappa shape index (κ2) is 6.33. The Kier molecular flexibility index (Phi) is 4.76. The van der Waals surface area contributed by atoms with Gasteiger partial charge >= 0.3 is 0 Å². The van der Waals surface area contributed by atoms with E-state index in [-0.39, 0.29) is 5.91 Å². The number of nitrogens with two attached hydrogens (primary N) is 1. The van der Waals surface area contributed by atoms with Crippen molar-refractivity contribution < 1.29 is 4.79 Å². The van der Waals surface area contributed by atoms with Crippen LogP contribution in [-0.2, 0) is 4.79 Å². The number of hydrogen-bond acceptors (Lipinski definition) is 4. The average molecular weight is 240 g/mol. The van der Waals surface area contributed by atoms with E-state index in [1.54, 1.807) is 0 Å². The Hall–Kier alpha value is -0.650. The lowest BCUT2D eigenvalue weighted by atomic mass is 10.3. The van der Waals surface area contributed by atoms with Crippen LogP contribution in [0.2, 0.25) is 0 Å². The fraction of sp³-hybridized carbons (Fsp3) is 0.917. The lowest BCUT2D eigenvalue weighted by Crippen LogP contribution is -2.40. The van der Waals surface area contributed by atoms with E-state index < -0.39 is 0 Å². The van der Waals surface area contributed by atoms with E-state index in [0.717, 1.165) is 58.5 Å². The summed E-state index contributed by atoms with van der Waals surface area (Å²) in [6, 6.07) is 0.475. The first kappa shape index (κ1) is 12.8. The van der Waals surface area contributed by atoms with E-state index in [1.807, 2.05) is 0 Å². The molecule has 1 saturated carbocycles. The van der Waals surface area contributed by atoms with Gasteiger partial charge in [0.2, 0.25) is 5.91 Å². The molecule has 2 aliphatic rings. The zero-order chi connectivity index (χ0) is 12.1. The standard InChI is InChI=1S/C12H24N4O/c13-4-7-15-5-1-6-16(9-8-15)10-12(17)14-11-2-3-11/h11H,1-10,13H2,(H,14,17). The van der Waals surface area contributed by atoms with Crippen LogP contribution in [0.1, 0.15) is 19.3 Å². The molecule has 1 aliphatic heterocycles. The minimum absolute atomic E-state index is 0.194. The van der Waals surface area contributed by atoms with Crippen molar-refractivity contribution in [2.75, 3.05) is 45.8 Å². The van der Waals surface area contributed by atoms with Crippen molar-refractivity contribution >= 4 is 5.91 Å². The molecule has 98 valence electrons. The molecule has 2 fully saturated rings. The van der Waals surface area contributed by atoms with Crippen LogP contribution in [0.5, 0.6) is 0 Å². The molecule has 0 spiro atoms. The maximum Gasteiger partial charge on any atom is 0.234 e. The van der Waals surface area contributed by atoms with Gasteiger partial charge in [0, 0.05) is 32.2 Å². The number of nitrogens with one attached hydrogen (secondary N) is 1. The van der Waals surface area contributed by atoms with Crippen LogP contribution in [0.25, 0.3) is 0 Å². The minimum atomic E-state index is 0.194. The van der Waals surface area contributed by atoms with Gasteiger partial charge in [0.05, 0.1) is 6.54 Å². The highest BCUT2D eigenvalue weighted by atomic mass is 16.2. The van der Waals surface area contributed by atoms with Gasteiger partial charge in [-0.1, -0.05) is 0 Å². The van der Waals surface area contributed by atoms with E-state index in [9.17, 15) is 4.79 Å². The molecule has 5 heteroatoms. The van der Waals surface area contributed by atoms with Gasteiger partial charge in [0.1, 0.15) is 0 Å². The van der Waals surface area contributed by atoms with Crippen molar-refractivity contribution in [3.63, 3.8) is 0 Å². The topological polar surface area (TPSA) is 61.6 Å². The van der Waals surface area contributed by atoms with Gasteiger partial charge in [0.25, 0.3) is 0 Å². The first-order chi connectivity index (χ1) is 8.28. The second-order valence-electron chi connectivity index (χ2n) is 5.10. The van der Waals surface area contributed by atoms with E-state index in [4.69, 9.17) is 5.73 Å². The number of nitrogens with zero attached hydrogens (tertiary/aromatic N) is 2. The van der Waals surface area contributed by atoms with Gasteiger partial charge in [0.15, 0.2) is 0 Å². The maximum absolute atomic E-state index is 11.7. The van der Waals surface area contributed by atoms with Gasteiger partial charge in [-0.3, -0.25) is 9.69 Å². The summed E-state index contributed by atoms with van der Waals surface area (Å²) in [5.74, 6) is 0.194. The SMILES string of the molecule is NCCN1CCCN(CC(=O)NC2CC2)CC1. The molecule has 0 aromatic carbocycles. The van der Waals surface area contributed by atoms with Gasteiger partial charge in [-0.05, 0) is 32.4 Å². The molecule has 1 aliphatic carbocycles. The number of carbonyl (C=O) groups excluding carboxylic acids is 1. The maximum atomic E-state index is 11.7. The highest BCUT2D eigenvalue weighted by Crippen LogP contribution is 2.18. The van der Waals surface area contributed by atoms with Crippen LogP contribution in [0, 0.1) is 0 Å². The summed E-state index contributed by atoms with van der Waals surface area (Å²) < 4.78 is 0. The Morgan fingerprint density at radius 1 is 1.18 bits per heavy atom. The van der Waals surface area contributed by atoms with Crippen molar-refractivity contribution in [1.82, 2.24) is 15.1 Å². The normalized spacial score (nSPS) is 23.4. The Bertz CT molecular complexity index is 255. The van der Waals surface area contributed by atoms with Crippen LogP contribution in [0.15, 0.2) is 0 Å². The quantitative estimate of drug-likeness (QED) is 0.662. The minimum Gasteiger partial charge on any atom is -0.352 e. The summed E-state index contributed by atoms with van der Waals surface area (Å²) in [7, 11) is 0. The van der Waals surface area contributed by atoms with E-state index in [0.29, 0.717) is 12.6 Å². The molecule has 0 bridgehead atoms. The molecule has 0 aromatic heterocycles. The molecule has 1 heterocycles. The van der Waals surface area contributed by atoms with Gasteiger partial charge in [-0.25, -0.2) is 0 Å². The highest BCUT2D eigenvalue weighted by molar-refractivity contribution is 5.78. The van der Waals surface area contributed by atoms with E-state index in [2.05, 4.69) is 15.1 Å². The molecule has 0 radical (unpaired) electrons. The average Bonchev–Trinajstić information content (AvgIpc) is 3.09. The molecule has 17 heavy (non-hydrogen) atoms. The van der Waals surface area contributed by atoms with Crippen LogP contribution in [0.3, 0.4) is 0 Å². The fourth-order valence-electron chi connectivity index (χ4n) is 2.29. The van der Waals surface area contributed by atoms with Crippen molar-refractivity contribution in [1.29, 1.82) is 0 Å². The zero-order valence-corrected chi connectivity index (χ0v) is 10.5. The lowest BCUT2D eigenvalue weighted by molar-refractivity contribution is -0.122. The molecule has 0 atom stereocenters. The third kappa shape index (κ3) is 4.61. The second-order valence-corrected chi connectivity index (χ2v) is 5.10. The molecule has 2 rings (SSSR count). The molecular formula is C12H24N4O. The van der Waals surface area contributed by atoms with Crippen LogP contribution >= 0.6 is 0 Å². The smallest absolute Gasteiger partial charge is 0.234 e. The summed E-state index contributed by atoms with van der Waals surface area (Å²) in [5.41, 5.74) is 5.57. The van der Waals surface area contributed by atoms with Crippen LogP contribution in [-0.4, -0.2) is 67.6 Å². The van der Waals surface area contributed by atoms with E-state index in [1.165, 1.54) is 0 Å². The molecule has 0 unspecified atom stereocenters. The summed E-state index contributed by atoms with van der Waals surface area (Å²) in [6.07, 6.45) is 3.46. The largest absolute Gasteiger partial charge is 0.352 e. The van der Waals surface area contributed by atoms with Crippen molar-refractivity contribution in [2.45, 2.75) is 25.3 Å². The first-order valence-electron chi connectivity index (χ1n) is 6.72. The lowest BCUT2D eigenvalue weighted by Gasteiger charge is -2.20. The molecule has 0 aromatic rings. The Morgan fingerprint density at radius 3 is 2.59 bits per heavy atom. The monoisotopic (exact) mass is 240 g/mol. The van der Waals surface area contributed by atoms with Gasteiger partial charge in [-0.15, -0.1) is 0 Å². The molecule has 1 saturated heterocycles. The van der Waals surface area contributed by atoms with Crippen molar-refractivity contribution in [3.05, 3.63) is 0 Å². The summed E-state index contributed by atoms with van der Waals surface area (Å²) in [6.45, 7) is 6.42. The summed E-state index contributed by atoms with van der Waals surface area (Å²) >= 11 is 0. The van der Waals surface area contributed by atoms with Gasteiger partial charge in [-0.2, -0.15) is 0 Å². The fourth-order valence-corrected chi connectivity index (χ4v) is 2.29. The van der Waals surface area contributed by atoms with E-state index >= 15 is 0 Å². The third-order valence-electron chi connectivity index (χ3n) is 3.44. The van der Waals surface area contributed by atoms with Gasteiger partial charge < -0.3 is 16.0 Å². The van der Waals surface area contributed by atoms with Crippen molar-refractivity contribution in [3.8, 4) is 0 Å². The third-order valence-corrected chi connectivity index (χ3v) is 3.44. The number of rotatable bonds is 5. The Morgan fingerprint density at radius 2 is 1.88 bits per heavy atom.